The second-order valence-corrected chi connectivity index (χ2v) is 10.9. The van der Waals surface area contributed by atoms with E-state index in [1.807, 2.05) is 13.0 Å². The van der Waals surface area contributed by atoms with E-state index >= 15 is 0 Å². The third kappa shape index (κ3) is 2.34. The molecule has 0 spiro atoms. The van der Waals surface area contributed by atoms with E-state index in [0.717, 1.165) is 18.4 Å². The summed E-state index contributed by atoms with van der Waals surface area (Å²) in [5, 5.41) is 21.3. The molecule has 0 amide bonds. The summed E-state index contributed by atoms with van der Waals surface area (Å²) in [5.74, 6) is -0.947. The van der Waals surface area contributed by atoms with Gasteiger partial charge in [-0.05, 0) is 63.5 Å². The number of rotatable bonds is 2. The molecule has 5 rings (SSSR count). The number of hydrogen-bond donors (Lipinski definition) is 2. The average molecular weight is 417 g/mol. The van der Waals surface area contributed by atoms with Gasteiger partial charge in [0.05, 0.1) is 12.2 Å². The molecule has 4 fully saturated rings. The van der Waals surface area contributed by atoms with Gasteiger partial charge in [-0.15, -0.1) is 0 Å². The first-order valence-electron chi connectivity index (χ1n) is 11.1. The van der Waals surface area contributed by atoms with Crippen molar-refractivity contribution in [3.8, 4) is 0 Å². The summed E-state index contributed by atoms with van der Waals surface area (Å²) in [6.07, 6.45) is 7.04. The van der Waals surface area contributed by atoms with Gasteiger partial charge in [0.1, 0.15) is 6.61 Å². The SMILES string of the molecule is CC1(C)O[C@@H]2CC3C4CCC5=CC(=O)C=C[C@]5(C)C4C(O)C[C@]3(C)[C@]2(C(=O)CO)O1. The van der Waals surface area contributed by atoms with Crippen LogP contribution in [0.4, 0.5) is 0 Å². The Labute approximate surface area is 177 Å². The standard InChI is InChI=1S/C24H32O6/c1-21(2)29-19-10-16-15-6-5-13-9-14(26)7-8-22(13,3)20(15)17(27)11-23(16,4)24(19,30-21)18(28)12-25/h7-9,15-17,19-20,25,27H,5-6,10-12H2,1-4H3/t15?,16?,17?,19-,20?,22+,23+,24-/m1/s1. The molecular weight excluding hydrogens is 384 g/mol. The highest BCUT2D eigenvalue weighted by Gasteiger charge is 2.76. The fourth-order valence-electron chi connectivity index (χ4n) is 8.04. The van der Waals surface area contributed by atoms with Crippen molar-refractivity contribution in [2.75, 3.05) is 6.61 Å². The minimum atomic E-state index is -1.24. The van der Waals surface area contributed by atoms with Crippen LogP contribution in [0.2, 0.25) is 0 Å². The maximum Gasteiger partial charge on any atom is 0.193 e. The van der Waals surface area contributed by atoms with Crippen LogP contribution in [-0.4, -0.2) is 52.0 Å². The fourth-order valence-corrected chi connectivity index (χ4v) is 8.04. The average Bonchev–Trinajstić information content (AvgIpc) is 3.07. The summed E-state index contributed by atoms with van der Waals surface area (Å²) in [4.78, 5) is 25.1. The van der Waals surface area contributed by atoms with E-state index in [0.29, 0.717) is 12.8 Å². The highest BCUT2D eigenvalue weighted by molar-refractivity contribution is 6.01. The molecule has 30 heavy (non-hydrogen) atoms. The lowest BCUT2D eigenvalue weighted by atomic mass is 9.46. The Morgan fingerprint density at radius 2 is 2.00 bits per heavy atom. The number of carbonyl (C=O) groups excluding carboxylic acids is 2. The quantitative estimate of drug-likeness (QED) is 0.718. The molecular formula is C24H32O6. The molecule has 0 bridgehead atoms. The normalized spacial score (nSPS) is 50.9. The van der Waals surface area contributed by atoms with Gasteiger partial charge in [-0.3, -0.25) is 9.59 Å². The molecule has 1 aliphatic heterocycles. The molecule has 0 aromatic heterocycles. The van der Waals surface area contributed by atoms with Crippen LogP contribution in [0.15, 0.2) is 23.8 Å². The molecule has 5 aliphatic rings. The third-order valence-electron chi connectivity index (χ3n) is 9.05. The van der Waals surface area contributed by atoms with Crippen molar-refractivity contribution in [2.45, 2.75) is 77.0 Å². The molecule has 4 aliphatic carbocycles. The van der Waals surface area contributed by atoms with Gasteiger partial charge in [-0.2, -0.15) is 0 Å². The maximum absolute atomic E-state index is 13.2. The monoisotopic (exact) mass is 416 g/mol. The second-order valence-electron chi connectivity index (χ2n) is 10.9. The lowest BCUT2D eigenvalue weighted by Crippen LogP contribution is -2.63. The van der Waals surface area contributed by atoms with E-state index in [1.54, 1.807) is 26.0 Å². The molecule has 2 N–H and O–H groups in total. The van der Waals surface area contributed by atoms with Gasteiger partial charge in [0.25, 0.3) is 0 Å². The Hall–Kier alpha value is -1.34. The molecule has 6 heteroatoms. The molecule has 164 valence electrons. The Kier molecular flexibility index (Phi) is 4.20. The van der Waals surface area contributed by atoms with E-state index in [9.17, 15) is 19.8 Å². The number of aliphatic hydroxyl groups excluding tert-OH is 2. The molecule has 3 saturated carbocycles. The van der Waals surface area contributed by atoms with E-state index in [4.69, 9.17) is 9.47 Å². The minimum Gasteiger partial charge on any atom is -0.393 e. The molecule has 0 aromatic carbocycles. The van der Waals surface area contributed by atoms with Crippen molar-refractivity contribution < 1.29 is 29.3 Å². The van der Waals surface area contributed by atoms with Crippen LogP contribution in [0.5, 0.6) is 0 Å². The van der Waals surface area contributed by atoms with Crippen LogP contribution >= 0.6 is 0 Å². The second kappa shape index (κ2) is 6.12. The number of ketones is 2. The first-order valence-corrected chi connectivity index (χ1v) is 11.1. The summed E-state index contributed by atoms with van der Waals surface area (Å²) in [6, 6.07) is 0. The van der Waals surface area contributed by atoms with Gasteiger partial charge in [0, 0.05) is 16.7 Å². The molecule has 1 saturated heterocycles. The number of fused-ring (bicyclic) bond motifs is 7. The van der Waals surface area contributed by atoms with Gasteiger partial charge in [0.15, 0.2) is 23.0 Å². The van der Waals surface area contributed by atoms with Crippen molar-refractivity contribution in [1.29, 1.82) is 0 Å². The zero-order chi connectivity index (χ0) is 21.7. The molecule has 0 radical (unpaired) electrons. The summed E-state index contributed by atoms with van der Waals surface area (Å²) in [6.45, 7) is 7.19. The highest BCUT2D eigenvalue weighted by atomic mass is 16.8. The van der Waals surface area contributed by atoms with Gasteiger partial charge >= 0.3 is 0 Å². The van der Waals surface area contributed by atoms with Crippen molar-refractivity contribution >= 4 is 11.6 Å². The van der Waals surface area contributed by atoms with Crippen LogP contribution in [-0.2, 0) is 19.1 Å². The topological polar surface area (TPSA) is 93.1 Å². The number of allylic oxidation sites excluding steroid dienone is 4. The molecule has 8 atom stereocenters. The smallest absolute Gasteiger partial charge is 0.193 e. The minimum absolute atomic E-state index is 0.0167. The Morgan fingerprint density at radius 1 is 1.27 bits per heavy atom. The number of ether oxygens (including phenoxy) is 2. The number of hydrogen-bond acceptors (Lipinski definition) is 6. The highest BCUT2D eigenvalue weighted by Crippen LogP contribution is 2.70. The maximum atomic E-state index is 13.2. The zero-order valence-electron chi connectivity index (χ0n) is 18.2. The van der Waals surface area contributed by atoms with Gasteiger partial charge in [0.2, 0.25) is 0 Å². The Bertz CT molecular complexity index is 873. The predicted octanol–water partition coefficient (Wildman–Crippen LogP) is 2.33. The summed E-state index contributed by atoms with van der Waals surface area (Å²) in [7, 11) is 0. The number of Topliss-reactive ketones (excluding diaryl/α,β-unsaturated/α-hetero) is 1. The van der Waals surface area contributed by atoms with Crippen LogP contribution in [0.1, 0.15) is 53.4 Å². The molecule has 4 unspecified atom stereocenters. The third-order valence-corrected chi connectivity index (χ3v) is 9.05. The van der Waals surface area contributed by atoms with E-state index in [2.05, 4.69) is 6.92 Å². The summed E-state index contributed by atoms with van der Waals surface area (Å²) in [5.41, 5.74) is -1.12. The van der Waals surface area contributed by atoms with Gasteiger partial charge in [-0.25, -0.2) is 0 Å². The van der Waals surface area contributed by atoms with Crippen molar-refractivity contribution in [2.24, 2.45) is 28.6 Å². The van der Waals surface area contributed by atoms with Crippen LogP contribution in [0, 0.1) is 28.6 Å². The van der Waals surface area contributed by atoms with Gasteiger partial charge in [-0.1, -0.05) is 25.5 Å². The van der Waals surface area contributed by atoms with Gasteiger partial charge < -0.3 is 19.7 Å². The lowest BCUT2D eigenvalue weighted by molar-refractivity contribution is -0.225. The predicted molar refractivity (Wildman–Crippen MR) is 108 cm³/mol. The van der Waals surface area contributed by atoms with E-state index < -0.39 is 35.6 Å². The van der Waals surface area contributed by atoms with Crippen molar-refractivity contribution in [3.63, 3.8) is 0 Å². The van der Waals surface area contributed by atoms with Crippen LogP contribution in [0.3, 0.4) is 0 Å². The fraction of sp³-hybridized carbons (Fsp3) is 0.750. The van der Waals surface area contributed by atoms with E-state index in [-0.39, 0.29) is 34.7 Å². The number of carbonyl (C=O) groups is 2. The van der Waals surface area contributed by atoms with E-state index in [1.165, 1.54) is 0 Å². The first-order chi connectivity index (χ1) is 14.0. The molecule has 6 nitrogen and oxygen atoms in total. The lowest BCUT2D eigenvalue weighted by Gasteiger charge is -2.59. The zero-order valence-corrected chi connectivity index (χ0v) is 18.2. The number of aliphatic hydroxyl groups is 2. The summed E-state index contributed by atoms with van der Waals surface area (Å²) < 4.78 is 12.6. The summed E-state index contributed by atoms with van der Waals surface area (Å²) >= 11 is 0. The largest absolute Gasteiger partial charge is 0.393 e. The Balaban J connectivity index is 1.59. The molecule has 1 heterocycles. The van der Waals surface area contributed by atoms with Crippen molar-refractivity contribution in [3.05, 3.63) is 23.8 Å². The Morgan fingerprint density at radius 3 is 2.70 bits per heavy atom. The van der Waals surface area contributed by atoms with Crippen LogP contribution < -0.4 is 0 Å². The molecule has 0 aromatic rings. The van der Waals surface area contributed by atoms with Crippen molar-refractivity contribution in [1.82, 2.24) is 0 Å². The first kappa shape index (κ1) is 20.6. The van der Waals surface area contributed by atoms with Crippen LogP contribution in [0.25, 0.3) is 0 Å².